The number of carbonyl (C=O) groups excluding carboxylic acids is 2. The molecule has 2 aromatic carbocycles. The second-order valence-electron chi connectivity index (χ2n) is 7.20. The lowest BCUT2D eigenvalue weighted by atomic mass is 10.1. The minimum atomic E-state index is -0.428. The zero-order valence-electron chi connectivity index (χ0n) is 15.5. The molecule has 2 aliphatic rings. The molecular formula is C21H23ClN3O3+. The number of rotatable bonds is 4. The molecule has 0 bridgehead atoms. The molecule has 2 heterocycles. The van der Waals surface area contributed by atoms with Gasteiger partial charge in [0.2, 0.25) is 0 Å². The van der Waals surface area contributed by atoms with Gasteiger partial charge in [0.15, 0.2) is 12.6 Å². The molecule has 0 aliphatic carbocycles. The number of carbonyl (C=O) groups is 2. The van der Waals surface area contributed by atoms with E-state index >= 15 is 0 Å². The van der Waals surface area contributed by atoms with Crippen LogP contribution in [0.1, 0.15) is 5.56 Å². The van der Waals surface area contributed by atoms with Crippen LogP contribution in [0.2, 0.25) is 5.02 Å². The molecule has 2 aromatic rings. The summed E-state index contributed by atoms with van der Waals surface area (Å²) in [5.74, 6) is 0.773. The van der Waals surface area contributed by atoms with Crippen molar-refractivity contribution in [3.63, 3.8) is 0 Å². The molecule has 0 unspecified atom stereocenters. The number of fused-ring (bicyclic) bond motifs is 1. The van der Waals surface area contributed by atoms with Crippen molar-refractivity contribution in [2.75, 3.05) is 38.0 Å². The van der Waals surface area contributed by atoms with Crippen LogP contribution < -0.4 is 15.0 Å². The number of amides is 2. The molecule has 2 aliphatic heterocycles. The van der Waals surface area contributed by atoms with Gasteiger partial charge in [-0.1, -0.05) is 41.9 Å². The number of nitrogens with zero attached hydrogens (tertiary/aromatic N) is 1. The second kappa shape index (κ2) is 8.20. The van der Waals surface area contributed by atoms with Gasteiger partial charge in [-0.2, -0.15) is 0 Å². The number of halogens is 1. The zero-order chi connectivity index (χ0) is 19.5. The molecule has 0 spiro atoms. The van der Waals surface area contributed by atoms with Crippen molar-refractivity contribution in [1.82, 2.24) is 4.90 Å². The van der Waals surface area contributed by atoms with Crippen LogP contribution in [0.4, 0.5) is 5.69 Å². The molecule has 146 valence electrons. The van der Waals surface area contributed by atoms with Gasteiger partial charge in [0.1, 0.15) is 5.75 Å². The summed E-state index contributed by atoms with van der Waals surface area (Å²) in [6.45, 7) is 3.09. The summed E-state index contributed by atoms with van der Waals surface area (Å²) < 4.78 is 5.82. The fraction of sp³-hybridized carbons (Fsp3) is 0.333. The van der Waals surface area contributed by atoms with E-state index < -0.39 is 6.10 Å². The molecule has 28 heavy (non-hydrogen) atoms. The van der Waals surface area contributed by atoms with Gasteiger partial charge >= 0.3 is 0 Å². The summed E-state index contributed by atoms with van der Waals surface area (Å²) in [5.41, 5.74) is 1.71. The van der Waals surface area contributed by atoms with Crippen LogP contribution in [0, 0.1) is 0 Å². The molecule has 0 aromatic heterocycles. The SMILES string of the molecule is O=C(C[NH+]1CCN(C(=O)[C@H]2Cc3ccccc3O2)CC1)Nc1ccccc1Cl. The van der Waals surface area contributed by atoms with Gasteiger partial charge in [-0.3, -0.25) is 9.59 Å². The Morgan fingerprint density at radius 1 is 1.11 bits per heavy atom. The van der Waals surface area contributed by atoms with Crippen molar-refractivity contribution in [1.29, 1.82) is 0 Å². The third kappa shape index (κ3) is 4.13. The predicted octanol–water partition coefficient (Wildman–Crippen LogP) is 1.01. The Morgan fingerprint density at radius 2 is 1.82 bits per heavy atom. The molecule has 4 rings (SSSR count). The topological polar surface area (TPSA) is 63.1 Å². The Kier molecular flexibility index (Phi) is 5.50. The number of benzene rings is 2. The van der Waals surface area contributed by atoms with Gasteiger partial charge in [0.05, 0.1) is 36.9 Å². The van der Waals surface area contributed by atoms with Crippen molar-refractivity contribution in [2.45, 2.75) is 12.5 Å². The Balaban J connectivity index is 1.25. The summed E-state index contributed by atoms with van der Waals surface area (Å²) in [7, 11) is 0. The lowest BCUT2D eigenvalue weighted by molar-refractivity contribution is -0.895. The second-order valence-corrected chi connectivity index (χ2v) is 7.61. The van der Waals surface area contributed by atoms with E-state index in [9.17, 15) is 9.59 Å². The molecule has 7 heteroatoms. The first-order chi connectivity index (χ1) is 13.6. The fourth-order valence-corrected chi connectivity index (χ4v) is 3.91. The predicted molar refractivity (Wildman–Crippen MR) is 107 cm³/mol. The third-order valence-electron chi connectivity index (χ3n) is 5.26. The molecule has 1 fully saturated rings. The van der Waals surface area contributed by atoms with Gasteiger partial charge < -0.3 is 19.9 Å². The van der Waals surface area contributed by atoms with Crippen molar-refractivity contribution in [2.24, 2.45) is 0 Å². The lowest BCUT2D eigenvalue weighted by Gasteiger charge is -2.33. The molecular weight excluding hydrogens is 378 g/mol. The number of hydrogen-bond acceptors (Lipinski definition) is 3. The van der Waals surface area contributed by atoms with E-state index in [1.165, 1.54) is 0 Å². The van der Waals surface area contributed by atoms with Crippen molar-refractivity contribution in [3.05, 3.63) is 59.1 Å². The Morgan fingerprint density at radius 3 is 2.57 bits per heavy atom. The van der Waals surface area contributed by atoms with E-state index in [4.69, 9.17) is 16.3 Å². The summed E-state index contributed by atoms with van der Waals surface area (Å²) in [6, 6.07) is 15.0. The summed E-state index contributed by atoms with van der Waals surface area (Å²) in [6.07, 6.45) is 0.199. The van der Waals surface area contributed by atoms with E-state index in [1.54, 1.807) is 12.1 Å². The highest BCUT2D eigenvalue weighted by Crippen LogP contribution is 2.28. The minimum absolute atomic E-state index is 0.0377. The van der Waals surface area contributed by atoms with Crippen LogP contribution in [-0.2, 0) is 16.0 Å². The highest BCUT2D eigenvalue weighted by molar-refractivity contribution is 6.33. The number of piperazine rings is 1. The molecule has 2 amide bonds. The molecule has 0 radical (unpaired) electrons. The van der Waals surface area contributed by atoms with Gasteiger partial charge in [0, 0.05) is 6.42 Å². The van der Waals surface area contributed by atoms with E-state index in [1.807, 2.05) is 41.3 Å². The van der Waals surface area contributed by atoms with Crippen molar-refractivity contribution >= 4 is 29.1 Å². The van der Waals surface area contributed by atoms with Gasteiger partial charge in [0.25, 0.3) is 11.8 Å². The average Bonchev–Trinajstić information content (AvgIpc) is 3.14. The lowest BCUT2D eigenvalue weighted by Crippen LogP contribution is -3.15. The maximum absolute atomic E-state index is 12.8. The first kappa shape index (κ1) is 18.8. The first-order valence-electron chi connectivity index (χ1n) is 9.51. The fourth-order valence-electron chi connectivity index (χ4n) is 3.73. The maximum Gasteiger partial charge on any atom is 0.279 e. The van der Waals surface area contributed by atoms with E-state index in [0.29, 0.717) is 36.8 Å². The molecule has 1 atom stereocenters. The minimum Gasteiger partial charge on any atom is -0.480 e. The quantitative estimate of drug-likeness (QED) is 0.805. The number of anilines is 1. The number of para-hydroxylation sites is 2. The monoisotopic (exact) mass is 400 g/mol. The summed E-state index contributed by atoms with van der Waals surface area (Å²) in [5, 5.41) is 3.38. The number of hydrogen-bond donors (Lipinski definition) is 2. The van der Waals surface area contributed by atoms with Crippen molar-refractivity contribution in [3.8, 4) is 5.75 Å². The Labute approximate surface area is 169 Å². The van der Waals surface area contributed by atoms with Crippen LogP contribution in [0.25, 0.3) is 0 Å². The van der Waals surface area contributed by atoms with Crippen LogP contribution in [0.15, 0.2) is 48.5 Å². The van der Waals surface area contributed by atoms with Crippen molar-refractivity contribution < 1.29 is 19.2 Å². The van der Waals surface area contributed by atoms with Crippen LogP contribution >= 0.6 is 11.6 Å². The molecule has 2 N–H and O–H groups in total. The summed E-state index contributed by atoms with van der Waals surface area (Å²) in [4.78, 5) is 28.1. The van der Waals surface area contributed by atoms with E-state index in [0.717, 1.165) is 29.3 Å². The third-order valence-corrected chi connectivity index (χ3v) is 5.59. The number of nitrogens with one attached hydrogen (secondary N) is 2. The Bertz CT molecular complexity index is 856. The highest BCUT2D eigenvalue weighted by atomic mass is 35.5. The highest BCUT2D eigenvalue weighted by Gasteiger charge is 2.34. The van der Waals surface area contributed by atoms with Gasteiger partial charge in [-0.25, -0.2) is 0 Å². The first-order valence-corrected chi connectivity index (χ1v) is 9.89. The zero-order valence-corrected chi connectivity index (χ0v) is 16.2. The molecule has 6 nitrogen and oxygen atoms in total. The largest absolute Gasteiger partial charge is 0.480 e. The van der Waals surface area contributed by atoms with Crippen LogP contribution in [0.3, 0.4) is 0 Å². The number of quaternary nitrogens is 1. The standard InChI is InChI=1S/C21H22ClN3O3/c22-16-6-2-3-7-17(16)23-20(26)14-24-9-11-25(12-10-24)21(27)19-13-15-5-1-4-8-18(15)28-19/h1-8,19H,9-14H2,(H,23,26)/p+1/t19-/m1/s1. The number of ether oxygens (including phenoxy) is 1. The molecule has 0 saturated carbocycles. The smallest absolute Gasteiger partial charge is 0.279 e. The van der Waals surface area contributed by atoms with Gasteiger partial charge in [-0.15, -0.1) is 0 Å². The normalized spacial score (nSPS) is 19.0. The van der Waals surface area contributed by atoms with E-state index in [2.05, 4.69) is 5.32 Å². The molecule has 1 saturated heterocycles. The van der Waals surface area contributed by atoms with Gasteiger partial charge in [-0.05, 0) is 23.8 Å². The maximum atomic E-state index is 12.8. The Hall–Kier alpha value is -2.57. The summed E-state index contributed by atoms with van der Waals surface area (Å²) >= 11 is 6.08. The van der Waals surface area contributed by atoms with E-state index in [-0.39, 0.29) is 11.8 Å². The average molecular weight is 401 g/mol. The van der Waals surface area contributed by atoms with Crippen LogP contribution in [-0.4, -0.2) is 55.5 Å². The van der Waals surface area contributed by atoms with Crippen LogP contribution in [0.5, 0.6) is 5.75 Å².